The molecule has 2 rings (SSSR count). The van der Waals surface area contributed by atoms with E-state index in [1.165, 1.54) is 0 Å². The van der Waals surface area contributed by atoms with Crippen molar-refractivity contribution >= 4 is 5.91 Å². The molecule has 4 nitrogen and oxygen atoms in total. The quantitative estimate of drug-likeness (QED) is 0.743. The summed E-state index contributed by atoms with van der Waals surface area (Å²) in [4.78, 5) is 12.1. The monoisotopic (exact) mass is 226 g/mol. The van der Waals surface area contributed by atoms with Gasteiger partial charge < -0.3 is 15.8 Å². The zero-order chi connectivity index (χ0) is 11.5. The second-order valence-corrected chi connectivity index (χ2v) is 5.01. The zero-order valence-electron chi connectivity index (χ0n) is 9.95. The first-order valence-electron chi connectivity index (χ1n) is 6.34. The molecular weight excluding hydrogens is 204 g/mol. The molecule has 2 unspecified atom stereocenters. The molecule has 2 fully saturated rings. The fourth-order valence-electron chi connectivity index (χ4n) is 2.88. The van der Waals surface area contributed by atoms with Crippen molar-refractivity contribution in [2.75, 3.05) is 13.2 Å². The fraction of sp³-hybridized carbons (Fsp3) is 0.917. The Bertz CT molecular complexity index is 257. The summed E-state index contributed by atoms with van der Waals surface area (Å²) in [5.74, 6) is 0.714. The summed E-state index contributed by atoms with van der Waals surface area (Å²) in [6.07, 6.45) is 4.33. The lowest BCUT2D eigenvalue weighted by Crippen LogP contribution is -2.44. The molecule has 0 aromatic heterocycles. The van der Waals surface area contributed by atoms with Crippen molar-refractivity contribution in [2.24, 2.45) is 17.6 Å². The van der Waals surface area contributed by atoms with Crippen LogP contribution in [0.3, 0.4) is 0 Å². The van der Waals surface area contributed by atoms with Crippen LogP contribution in [0.5, 0.6) is 0 Å². The minimum Gasteiger partial charge on any atom is -0.376 e. The Labute approximate surface area is 96.9 Å². The molecule has 1 heterocycles. The third-order valence-electron chi connectivity index (χ3n) is 4.00. The van der Waals surface area contributed by atoms with Gasteiger partial charge in [-0.25, -0.2) is 0 Å². The van der Waals surface area contributed by atoms with Crippen molar-refractivity contribution in [1.29, 1.82) is 0 Å². The van der Waals surface area contributed by atoms with Crippen molar-refractivity contribution in [1.82, 2.24) is 5.32 Å². The molecule has 1 saturated carbocycles. The number of nitrogens with one attached hydrogen (secondary N) is 1. The van der Waals surface area contributed by atoms with Crippen molar-refractivity contribution in [2.45, 2.75) is 44.8 Å². The van der Waals surface area contributed by atoms with E-state index in [1.54, 1.807) is 0 Å². The molecular formula is C12H22N2O2. The van der Waals surface area contributed by atoms with Gasteiger partial charge in [0.2, 0.25) is 5.91 Å². The topological polar surface area (TPSA) is 64.3 Å². The first kappa shape index (κ1) is 11.9. The number of carbonyl (C=O) groups excluding carboxylic acids is 1. The van der Waals surface area contributed by atoms with Gasteiger partial charge in [-0.05, 0) is 38.6 Å². The van der Waals surface area contributed by atoms with Crippen LogP contribution < -0.4 is 11.1 Å². The fourth-order valence-corrected chi connectivity index (χ4v) is 2.88. The second kappa shape index (κ2) is 5.15. The van der Waals surface area contributed by atoms with Crippen LogP contribution in [0, 0.1) is 11.8 Å². The molecule has 1 aliphatic heterocycles. The van der Waals surface area contributed by atoms with Crippen LogP contribution in [0.1, 0.15) is 32.6 Å². The Morgan fingerprint density at radius 1 is 1.44 bits per heavy atom. The molecule has 4 heteroatoms. The first-order valence-corrected chi connectivity index (χ1v) is 6.34. The van der Waals surface area contributed by atoms with E-state index in [4.69, 9.17) is 10.5 Å². The lowest BCUT2D eigenvalue weighted by Gasteiger charge is -2.22. The van der Waals surface area contributed by atoms with Gasteiger partial charge in [-0.1, -0.05) is 6.42 Å². The minimum atomic E-state index is 0.137. The van der Waals surface area contributed by atoms with Crippen LogP contribution >= 0.6 is 0 Å². The summed E-state index contributed by atoms with van der Waals surface area (Å²) < 4.78 is 5.44. The van der Waals surface area contributed by atoms with E-state index < -0.39 is 0 Å². The summed E-state index contributed by atoms with van der Waals surface area (Å²) in [5.41, 5.74) is 5.69. The van der Waals surface area contributed by atoms with Gasteiger partial charge in [-0.2, -0.15) is 0 Å². The van der Waals surface area contributed by atoms with Gasteiger partial charge in [0.1, 0.15) is 0 Å². The average Bonchev–Trinajstić information content (AvgIpc) is 2.87. The Hall–Kier alpha value is -0.610. The molecule has 0 aromatic rings. The predicted octanol–water partition coefficient (Wildman–Crippen LogP) is 0.655. The molecule has 1 aliphatic carbocycles. The number of carbonyl (C=O) groups is 1. The predicted molar refractivity (Wildman–Crippen MR) is 61.8 cm³/mol. The van der Waals surface area contributed by atoms with Gasteiger partial charge >= 0.3 is 0 Å². The van der Waals surface area contributed by atoms with Gasteiger partial charge in [0.15, 0.2) is 0 Å². The Morgan fingerprint density at radius 3 is 2.88 bits per heavy atom. The van der Waals surface area contributed by atoms with E-state index in [2.05, 4.69) is 5.32 Å². The number of hydrogen-bond donors (Lipinski definition) is 2. The summed E-state index contributed by atoms with van der Waals surface area (Å²) in [6, 6.07) is 0.200. The van der Waals surface area contributed by atoms with Gasteiger partial charge in [0, 0.05) is 12.5 Å². The van der Waals surface area contributed by atoms with Crippen LogP contribution in [0.2, 0.25) is 0 Å². The molecule has 1 saturated heterocycles. The van der Waals surface area contributed by atoms with Crippen LogP contribution in [0.15, 0.2) is 0 Å². The number of ether oxygens (including phenoxy) is 1. The van der Waals surface area contributed by atoms with E-state index >= 15 is 0 Å². The largest absolute Gasteiger partial charge is 0.376 e. The molecule has 92 valence electrons. The van der Waals surface area contributed by atoms with Crippen molar-refractivity contribution in [3.8, 4) is 0 Å². The summed E-state index contributed by atoms with van der Waals surface area (Å²) in [5, 5.41) is 3.12. The highest BCUT2D eigenvalue weighted by Crippen LogP contribution is 2.31. The molecule has 0 bridgehead atoms. The van der Waals surface area contributed by atoms with Crippen molar-refractivity contribution < 1.29 is 9.53 Å². The van der Waals surface area contributed by atoms with Gasteiger partial charge in [-0.3, -0.25) is 4.79 Å². The van der Waals surface area contributed by atoms with Crippen molar-refractivity contribution in [3.63, 3.8) is 0 Å². The van der Waals surface area contributed by atoms with E-state index in [1.807, 2.05) is 6.92 Å². The van der Waals surface area contributed by atoms with E-state index in [0.717, 1.165) is 32.3 Å². The molecule has 0 aromatic carbocycles. The normalized spacial score (nSPS) is 38.9. The second-order valence-electron chi connectivity index (χ2n) is 5.01. The number of nitrogens with two attached hydrogens (primary N) is 1. The molecule has 16 heavy (non-hydrogen) atoms. The van der Waals surface area contributed by atoms with Crippen LogP contribution in [-0.2, 0) is 9.53 Å². The Balaban J connectivity index is 1.87. The maximum Gasteiger partial charge on any atom is 0.223 e. The maximum absolute atomic E-state index is 12.1. The lowest BCUT2D eigenvalue weighted by molar-refractivity contribution is -0.127. The lowest BCUT2D eigenvalue weighted by atomic mass is 9.95. The van der Waals surface area contributed by atoms with Crippen LogP contribution in [0.4, 0.5) is 0 Å². The van der Waals surface area contributed by atoms with Gasteiger partial charge in [0.05, 0.1) is 12.1 Å². The Morgan fingerprint density at radius 2 is 2.25 bits per heavy atom. The first-order chi connectivity index (χ1) is 7.72. The van der Waals surface area contributed by atoms with Gasteiger partial charge in [-0.15, -0.1) is 0 Å². The molecule has 4 atom stereocenters. The van der Waals surface area contributed by atoms with E-state index in [-0.39, 0.29) is 24.0 Å². The average molecular weight is 226 g/mol. The van der Waals surface area contributed by atoms with Crippen molar-refractivity contribution in [3.05, 3.63) is 0 Å². The highest BCUT2D eigenvalue weighted by Gasteiger charge is 2.34. The highest BCUT2D eigenvalue weighted by molar-refractivity contribution is 5.79. The Kier molecular flexibility index (Phi) is 3.82. The zero-order valence-corrected chi connectivity index (χ0v) is 9.95. The van der Waals surface area contributed by atoms with Gasteiger partial charge in [0.25, 0.3) is 0 Å². The van der Waals surface area contributed by atoms with Crippen LogP contribution in [-0.4, -0.2) is 31.2 Å². The molecule has 2 aliphatic rings. The number of rotatable bonds is 3. The third-order valence-corrected chi connectivity index (χ3v) is 4.00. The molecule has 0 spiro atoms. The van der Waals surface area contributed by atoms with Crippen LogP contribution in [0.25, 0.3) is 0 Å². The smallest absolute Gasteiger partial charge is 0.223 e. The SMILES string of the molecule is CC1OCCC1NC(=O)[C@@H]1CCC[C@@H]1CN. The number of hydrogen-bond acceptors (Lipinski definition) is 3. The highest BCUT2D eigenvalue weighted by atomic mass is 16.5. The third kappa shape index (κ3) is 2.38. The standard InChI is InChI=1S/C12H22N2O2/c1-8-11(5-6-16-8)14-12(15)10-4-2-3-9(10)7-13/h8-11H,2-7,13H2,1H3,(H,14,15)/t8?,9-,10-,11?/m1/s1. The maximum atomic E-state index is 12.1. The van der Waals surface area contributed by atoms with E-state index in [0.29, 0.717) is 12.5 Å². The number of amides is 1. The summed E-state index contributed by atoms with van der Waals surface area (Å²) in [6.45, 7) is 3.42. The van der Waals surface area contributed by atoms with E-state index in [9.17, 15) is 4.79 Å². The minimum absolute atomic E-state index is 0.137. The molecule has 3 N–H and O–H groups in total. The molecule has 0 radical (unpaired) electrons. The molecule has 1 amide bonds. The summed E-state index contributed by atoms with van der Waals surface area (Å²) >= 11 is 0. The summed E-state index contributed by atoms with van der Waals surface area (Å²) in [7, 11) is 0.